The number of anilines is 2. The Morgan fingerprint density at radius 3 is 1.76 bits per heavy atom. The van der Waals surface area contributed by atoms with Gasteiger partial charge < -0.3 is 19.6 Å². The van der Waals surface area contributed by atoms with Gasteiger partial charge in [0, 0.05) is 54.2 Å². The van der Waals surface area contributed by atoms with Gasteiger partial charge in [-0.15, -0.1) is 0 Å². The van der Waals surface area contributed by atoms with Gasteiger partial charge in [0.15, 0.2) is 5.60 Å². The molecule has 0 amide bonds. The molecule has 0 saturated carbocycles. The van der Waals surface area contributed by atoms with Crippen LogP contribution in [-0.2, 0) is 5.60 Å². The van der Waals surface area contributed by atoms with Crippen molar-refractivity contribution in [2.75, 3.05) is 36.0 Å². The van der Waals surface area contributed by atoms with Crippen molar-refractivity contribution in [2.45, 2.75) is 31.3 Å². The summed E-state index contributed by atoms with van der Waals surface area (Å²) in [5, 5.41) is 12.2. The van der Waals surface area contributed by atoms with E-state index in [-0.39, 0.29) is 5.75 Å². The third kappa shape index (κ3) is 3.83. The van der Waals surface area contributed by atoms with Gasteiger partial charge in [-0.3, -0.25) is 0 Å². The van der Waals surface area contributed by atoms with Crippen molar-refractivity contribution in [3.8, 4) is 11.5 Å². The third-order valence-corrected chi connectivity index (χ3v) is 8.30. The van der Waals surface area contributed by atoms with E-state index in [1.54, 1.807) is 6.07 Å². The van der Waals surface area contributed by atoms with E-state index in [1.807, 2.05) is 12.1 Å². The van der Waals surface area contributed by atoms with Crippen LogP contribution < -0.4 is 14.5 Å². The monoisotopic (exact) mass is 488 g/mol. The lowest BCUT2D eigenvalue weighted by Gasteiger charge is -2.37. The minimum absolute atomic E-state index is 0.265. The Bertz CT molecular complexity index is 1400. The lowest BCUT2D eigenvalue weighted by molar-refractivity contribution is 0.161. The summed E-state index contributed by atoms with van der Waals surface area (Å²) >= 11 is 0. The molecule has 0 aromatic heterocycles. The molecule has 37 heavy (non-hydrogen) atoms. The summed E-state index contributed by atoms with van der Waals surface area (Å²) in [5.74, 6) is 1.09. The summed E-state index contributed by atoms with van der Waals surface area (Å²) in [6.07, 6.45) is 9.42. The molecule has 0 atom stereocenters. The van der Waals surface area contributed by atoms with E-state index in [4.69, 9.17) is 4.74 Å². The Morgan fingerprint density at radius 2 is 1.19 bits per heavy atom. The normalized spacial score (nSPS) is 18.3. The van der Waals surface area contributed by atoms with Crippen LogP contribution in [0, 0.1) is 0 Å². The molecule has 4 heteroatoms. The Labute approximate surface area is 218 Å². The second-order valence-electron chi connectivity index (χ2n) is 10.5. The van der Waals surface area contributed by atoms with E-state index in [1.165, 1.54) is 37.1 Å². The predicted octanol–water partition coefficient (Wildman–Crippen LogP) is 7.10. The minimum atomic E-state index is -0.732. The first-order valence-electron chi connectivity index (χ1n) is 13.5. The Hall–Kier alpha value is -3.92. The fraction of sp³-hybridized carbons (Fsp3) is 0.273. The summed E-state index contributed by atoms with van der Waals surface area (Å²) in [6.45, 7) is 4.52. The van der Waals surface area contributed by atoms with Crippen molar-refractivity contribution >= 4 is 28.2 Å². The molecule has 0 radical (unpaired) electrons. The zero-order valence-corrected chi connectivity index (χ0v) is 21.1. The van der Waals surface area contributed by atoms with Crippen molar-refractivity contribution in [2.24, 2.45) is 0 Å². The van der Waals surface area contributed by atoms with Crippen LogP contribution in [0.3, 0.4) is 0 Å². The summed E-state index contributed by atoms with van der Waals surface area (Å²) < 4.78 is 6.97. The first kappa shape index (κ1) is 22.3. The van der Waals surface area contributed by atoms with Gasteiger partial charge in [-0.05, 0) is 91.1 Å². The first-order chi connectivity index (χ1) is 18.2. The number of benzene rings is 4. The lowest BCUT2D eigenvalue weighted by atomic mass is 9.83. The molecule has 3 heterocycles. The van der Waals surface area contributed by atoms with Gasteiger partial charge in [0.2, 0.25) is 0 Å². The van der Waals surface area contributed by atoms with Crippen LogP contribution >= 0.6 is 0 Å². The molecule has 4 aromatic rings. The molecule has 4 nitrogen and oxygen atoms in total. The molecule has 0 aliphatic carbocycles. The summed E-state index contributed by atoms with van der Waals surface area (Å²) in [7, 11) is 0. The minimum Gasteiger partial charge on any atom is -0.508 e. The maximum absolute atomic E-state index is 10.1. The first-order valence-corrected chi connectivity index (χ1v) is 13.5. The molecule has 2 fully saturated rings. The number of rotatable bonds is 4. The van der Waals surface area contributed by atoms with Crippen LogP contribution in [0.4, 0.5) is 11.4 Å². The van der Waals surface area contributed by atoms with E-state index in [0.29, 0.717) is 0 Å². The molecular formula is C33H32N2O2. The van der Waals surface area contributed by atoms with Crippen LogP contribution in [0.25, 0.3) is 16.8 Å². The maximum atomic E-state index is 10.1. The molecule has 4 aromatic carbocycles. The fourth-order valence-electron chi connectivity index (χ4n) is 6.25. The fourth-order valence-corrected chi connectivity index (χ4v) is 6.25. The standard InChI is InChI=1S/C33H32N2O2/c36-29-15-5-24-6-16-32-30(31(24)23-29)17-18-33(37-32,25-7-11-27(12-8-25)34-19-1-2-20-34)26-9-13-28(14-10-26)35-21-3-4-22-35/h5-18,23,36H,1-4,19-22H2. The highest BCUT2D eigenvalue weighted by Crippen LogP contribution is 2.45. The Kier molecular flexibility index (Phi) is 5.35. The number of hydrogen-bond acceptors (Lipinski definition) is 4. The lowest BCUT2D eigenvalue weighted by Crippen LogP contribution is -2.34. The largest absolute Gasteiger partial charge is 0.508 e. The molecular weight excluding hydrogens is 456 g/mol. The van der Waals surface area contributed by atoms with Crippen molar-refractivity contribution in [1.29, 1.82) is 0 Å². The topological polar surface area (TPSA) is 35.9 Å². The smallest absolute Gasteiger partial charge is 0.178 e. The number of fused-ring (bicyclic) bond motifs is 3. The molecule has 7 rings (SSSR count). The zero-order chi connectivity index (χ0) is 24.8. The second-order valence-corrected chi connectivity index (χ2v) is 10.5. The van der Waals surface area contributed by atoms with E-state index in [0.717, 1.165) is 59.4 Å². The predicted molar refractivity (Wildman–Crippen MR) is 152 cm³/mol. The highest BCUT2D eigenvalue weighted by atomic mass is 16.5. The Balaban J connectivity index is 1.33. The van der Waals surface area contributed by atoms with Crippen molar-refractivity contribution in [3.05, 3.63) is 102 Å². The van der Waals surface area contributed by atoms with E-state index in [9.17, 15) is 5.11 Å². The van der Waals surface area contributed by atoms with Crippen molar-refractivity contribution in [3.63, 3.8) is 0 Å². The molecule has 186 valence electrons. The van der Waals surface area contributed by atoms with Crippen LogP contribution in [0.5, 0.6) is 11.5 Å². The second kappa shape index (κ2) is 8.88. The number of phenols is 1. The molecule has 2 saturated heterocycles. The van der Waals surface area contributed by atoms with E-state index in [2.05, 4.69) is 82.6 Å². The van der Waals surface area contributed by atoms with Gasteiger partial charge in [-0.1, -0.05) is 36.4 Å². The third-order valence-electron chi connectivity index (χ3n) is 8.30. The molecule has 0 spiro atoms. The summed E-state index contributed by atoms with van der Waals surface area (Å²) in [4.78, 5) is 4.93. The number of phenolic OH excluding ortho intramolecular Hbond substituents is 1. The van der Waals surface area contributed by atoms with Gasteiger partial charge >= 0.3 is 0 Å². The average molecular weight is 489 g/mol. The highest BCUT2D eigenvalue weighted by Gasteiger charge is 2.37. The van der Waals surface area contributed by atoms with E-state index >= 15 is 0 Å². The zero-order valence-electron chi connectivity index (χ0n) is 21.1. The van der Waals surface area contributed by atoms with Crippen LogP contribution in [0.15, 0.2) is 84.9 Å². The van der Waals surface area contributed by atoms with E-state index < -0.39 is 5.60 Å². The molecule has 1 N–H and O–H groups in total. The molecule has 3 aliphatic heterocycles. The molecule has 0 unspecified atom stereocenters. The number of hydrogen-bond donors (Lipinski definition) is 1. The highest BCUT2D eigenvalue weighted by molar-refractivity contribution is 5.95. The van der Waals surface area contributed by atoms with Crippen LogP contribution in [0.1, 0.15) is 42.4 Å². The summed E-state index contributed by atoms with van der Waals surface area (Å²) in [6, 6.07) is 27.5. The van der Waals surface area contributed by atoms with Gasteiger partial charge in [-0.2, -0.15) is 0 Å². The average Bonchev–Trinajstić information content (AvgIpc) is 3.68. The van der Waals surface area contributed by atoms with Gasteiger partial charge in [0.1, 0.15) is 11.5 Å². The van der Waals surface area contributed by atoms with Crippen molar-refractivity contribution in [1.82, 2.24) is 0 Å². The SMILES string of the molecule is Oc1ccc2ccc3c(c2c1)C=CC(c1ccc(N2CCCC2)cc1)(c1ccc(N2CCCC2)cc1)O3. The number of nitrogens with zero attached hydrogens (tertiary/aromatic N) is 2. The summed E-state index contributed by atoms with van der Waals surface area (Å²) in [5.41, 5.74) is 5.06. The number of aromatic hydroxyl groups is 1. The van der Waals surface area contributed by atoms with Gasteiger partial charge in [0.05, 0.1) is 0 Å². The quantitative estimate of drug-likeness (QED) is 0.333. The van der Waals surface area contributed by atoms with Crippen LogP contribution in [0.2, 0.25) is 0 Å². The van der Waals surface area contributed by atoms with Crippen LogP contribution in [-0.4, -0.2) is 31.3 Å². The Morgan fingerprint density at radius 1 is 0.649 bits per heavy atom. The molecule has 3 aliphatic rings. The molecule has 0 bridgehead atoms. The van der Waals surface area contributed by atoms with Gasteiger partial charge in [-0.25, -0.2) is 0 Å². The van der Waals surface area contributed by atoms with Gasteiger partial charge in [0.25, 0.3) is 0 Å². The maximum Gasteiger partial charge on any atom is 0.178 e. The number of ether oxygens (including phenoxy) is 1. The van der Waals surface area contributed by atoms with Crippen molar-refractivity contribution < 1.29 is 9.84 Å².